The third kappa shape index (κ3) is 9.16. The summed E-state index contributed by atoms with van der Waals surface area (Å²) >= 11 is 0. The highest BCUT2D eigenvalue weighted by molar-refractivity contribution is 5.89. The van der Waals surface area contributed by atoms with Crippen molar-refractivity contribution >= 4 is 23.8 Å². The summed E-state index contributed by atoms with van der Waals surface area (Å²) in [5.74, 6) is -2.92. The first-order chi connectivity index (χ1) is 15.3. The van der Waals surface area contributed by atoms with E-state index in [1.807, 2.05) is 48.6 Å². The molecule has 1 unspecified atom stereocenters. The summed E-state index contributed by atoms with van der Waals surface area (Å²) < 4.78 is 5.01. The third-order valence-electron chi connectivity index (χ3n) is 5.16. The number of carboxylic acid groups (broad SMARTS) is 1. The zero-order valence-electron chi connectivity index (χ0n) is 18.2. The van der Waals surface area contributed by atoms with Gasteiger partial charge in [0.05, 0.1) is 12.5 Å². The predicted molar refractivity (Wildman–Crippen MR) is 119 cm³/mol. The fraction of sp³-hybridized carbons (Fsp3) is 0.417. The number of nitrogens with one attached hydrogen (secondary N) is 2. The number of hydrogen-bond acceptors (Lipinski definition) is 5. The lowest BCUT2D eigenvalue weighted by Crippen LogP contribution is -2.40. The fourth-order valence-corrected chi connectivity index (χ4v) is 3.28. The third-order valence-corrected chi connectivity index (χ3v) is 5.16. The molecule has 172 valence electrons. The quantitative estimate of drug-likeness (QED) is 0.457. The van der Waals surface area contributed by atoms with E-state index in [1.54, 1.807) is 6.92 Å². The maximum Gasteiger partial charge on any atom is 0.407 e. The van der Waals surface area contributed by atoms with Crippen LogP contribution in [0.15, 0.2) is 54.1 Å². The van der Waals surface area contributed by atoms with Crippen LogP contribution in [0.25, 0.3) is 0 Å². The van der Waals surface area contributed by atoms with Crippen LogP contribution in [0.3, 0.4) is 0 Å². The summed E-state index contributed by atoms with van der Waals surface area (Å²) in [6, 6.07) is 9.12. The Bertz CT molecular complexity index is 863. The lowest BCUT2D eigenvalue weighted by atomic mass is 9.87. The monoisotopic (exact) mass is 442 g/mol. The Balaban J connectivity index is 1.68. The second kappa shape index (κ2) is 13.1. The van der Waals surface area contributed by atoms with E-state index in [4.69, 9.17) is 4.74 Å². The number of aliphatic carboxylic acids is 1. The molecule has 0 saturated heterocycles. The van der Waals surface area contributed by atoms with Gasteiger partial charge in [0.25, 0.3) is 0 Å². The molecule has 32 heavy (non-hydrogen) atoms. The minimum Gasteiger partial charge on any atom is -0.481 e. The molecule has 1 aromatic carbocycles. The van der Waals surface area contributed by atoms with Gasteiger partial charge >= 0.3 is 12.1 Å². The number of carbonyl (C=O) groups is 4. The average molecular weight is 443 g/mol. The highest BCUT2D eigenvalue weighted by Gasteiger charge is 2.25. The zero-order valence-corrected chi connectivity index (χ0v) is 18.2. The van der Waals surface area contributed by atoms with E-state index in [-0.39, 0.29) is 31.9 Å². The normalized spacial score (nSPS) is 14.6. The lowest BCUT2D eigenvalue weighted by molar-refractivity contribution is -0.142. The molecule has 2 rings (SSSR count). The van der Waals surface area contributed by atoms with Gasteiger partial charge in [0, 0.05) is 5.92 Å². The predicted octanol–water partition coefficient (Wildman–Crippen LogP) is 2.99. The van der Waals surface area contributed by atoms with Crippen molar-refractivity contribution < 1.29 is 29.0 Å². The van der Waals surface area contributed by atoms with Crippen molar-refractivity contribution in [1.82, 2.24) is 10.6 Å². The molecule has 0 fully saturated rings. The van der Waals surface area contributed by atoms with Gasteiger partial charge in [-0.3, -0.25) is 14.4 Å². The molecule has 1 aliphatic rings. The summed E-state index contributed by atoms with van der Waals surface area (Å²) in [5.41, 5.74) is 1.80. The first-order valence-electron chi connectivity index (χ1n) is 10.7. The second-order valence-corrected chi connectivity index (χ2v) is 7.79. The van der Waals surface area contributed by atoms with Crippen LogP contribution in [0.4, 0.5) is 4.79 Å². The number of Topliss-reactive ketones (excluding diaryl/α,β-unsaturated/α-hetero) is 1. The first-order valence-corrected chi connectivity index (χ1v) is 10.7. The van der Waals surface area contributed by atoms with E-state index in [0.29, 0.717) is 6.42 Å². The van der Waals surface area contributed by atoms with Crippen LogP contribution in [0.2, 0.25) is 0 Å². The van der Waals surface area contributed by atoms with E-state index in [2.05, 4.69) is 10.6 Å². The van der Waals surface area contributed by atoms with Gasteiger partial charge in [-0.1, -0.05) is 61.1 Å². The number of carbonyl (C=O) groups excluding carboxylic acids is 3. The number of ether oxygens (including phenoxy) is 1. The van der Waals surface area contributed by atoms with Gasteiger partial charge in [0.2, 0.25) is 5.91 Å². The molecule has 1 aromatic rings. The van der Waals surface area contributed by atoms with Gasteiger partial charge < -0.3 is 20.5 Å². The van der Waals surface area contributed by atoms with Crippen molar-refractivity contribution in [1.29, 1.82) is 0 Å². The van der Waals surface area contributed by atoms with Gasteiger partial charge in [-0.15, -0.1) is 0 Å². The van der Waals surface area contributed by atoms with Gasteiger partial charge in [-0.05, 0) is 31.2 Å². The molecule has 0 spiro atoms. The zero-order chi connectivity index (χ0) is 23.3. The molecule has 2 atom stereocenters. The summed E-state index contributed by atoms with van der Waals surface area (Å²) in [7, 11) is 0. The number of amides is 2. The number of hydrogen-bond donors (Lipinski definition) is 3. The van der Waals surface area contributed by atoms with Crippen LogP contribution in [-0.4, -0.2) is 41.9 Å². The smallest absolute Gasteiger partial charge is 0.407 e. The van der Waals surface area contributed by atoms with Crippen LogP contribution in [0.5, 0.6) is 0 Å². The van der Waals surface area contributed by atoms with Gasteiger partial charge in [0.1, 0.15) is 13.2 Å². The van der Waals surface area contributed by atoms with Crippen molar-refractivity contribution in [2.75, 3.05) is 13.1 Å². The molecule has 1 aliphatic carbocycles. The number of allylic oxidation sites excluding steroid dienone is 4. The Morgan fingerprint density at radius 1 is 1.06 bits per heavy atom. The first kappa shape index (κ1) is 24.8. The molecule has 0 heterocycles. The molecule has 0 radical (unpaired) electrons. The molecule has 8 heteroatoms. The number of alkyl carbamates (subject to hydrolysis) is 1. The van der Waals surface area contributed by atoms with Crippen LogP contribution < -0.4 is 10.6 Å². The van der Waals surface area contributed by atoms with E-state index < -0.39 is 29.8 Å². The standard InChI is InChI=1S/C24H30N2O6/c1-17(12-20(23(29)30)13-18-8-4-2-5-9-18)21(27)14-25-22(28)15-26-24(31)32-16-19-10-6-3-7-11-19/h3-4,6-11,17,20H,2,5,12-16H2,1H3,(H,25,28)(H,26,31)(H,29,30)/t17-,20?/m0/s1. The van der Waals surface area contributed by atoms with Crippen LogP contribution in [-0.2, 0) is 25.7 Å². The molecular weight excluding hydrogens is 412 g/mol. The molecular formula is C24H30N2O6. The van der Waals surface area contributed by atoms with Crippen molar-refractivity contribution in [2.24, 2.45) is 11.8 Å². The summed E-state index contributed by atoms with van der Waals surface area (Å²) in [6.45, 7) is 1.19. The van der Waals surface area contributed by atoms with Crippen LogP contribution in [0, 0.1) is 11.8 Å². The second-order valence-electron chi connectivity index (χ2n) is 7.79. The SMILES string of the molecule is C[C@@H](CC(CC1=CCCC=C1)C(=O)O)C(=O)CNC(=O)CNC(=O)OCc1ccccc1. The largest absolute Gasteiger partial charge is 0.481 e. The van der Waals surface area contributed by atoms with E-state index >= 15 is 0 Å². The number of benzene rings is 1. The van der Waals surface area contributed by atoms with Crippen molar-refractivity contribution in [3.63, 3.8) is 0 Å². The Hall–Kier alpha value is -3.42. The number of ketones is 1. The van der Waals surface area contributed by atoms with Crippen molar-refractivity contribution in [3.8, 4) is 0 Å². The Morgan fingerprint density at radius 3 is 2.47 bits per heavy atom. The number of carboxylic acids is 1. The van der Waals surface area contributed by atoms with Gasteiger partial charge in [-0.25, -0.2) is 4.79 Å². The average Bonchev–Trinajstić information content (AvgIpc) is 2.80. The minimum absolute atomic E-state index is 0.0851. The lowest BCUT2D eigenvalue weighted by Gasteiger charge is -2.18. The van der Waals surface area contributed by atoms with Crippen molar-refractivity contribution in [3.05, 3.63) is 59.7 Å². The number of rotatable bonds is 12. The molecule has 2 amide bonds. The van der Waals surface area contributed by atoms with Crippen LogP contribution in [0.1, 0.15) is 38.2 Å². The highest BCUT2D eigenvalue weighted by Crippen LogP contribution is 2.24. The maximum absolute atomic E-state index is 12.3. The van der Waals surface area contributed by atoms with Gasteiger partial charge in [0.15, 0.2) is 5.78 Å². The molecule has 0 bridgehead atoms. The minimum atomic E-state index is -0.938. The Labute approximate surface area is 187 Å². The summed E-state index contributed by atoms with van der Waals surface area (Å²) in [4.78, 5) is 47.5. The van der Waals surface area contributed by atoms with Crippen molar-refractivity contribution in [2.45, 2.75) is 39.2 Å². The fourth-order valence-electron chi connectivity index (χ4n) is 3.28. The van der Waals surface area contributed by atoms with E-state index in [9.17, 15) is 24.3 Å². The van der Waals surface area contributed by atoms with E-state index in [1.165, 1.54) is 0 Å². The molecule has 0 saturated carbocycles. The molecule has 0 aromatic heterocycles. The topological polar surface area (TPSA) is 122 Å². The van der Waals surface area contributed by atoms with Gasteiger partial charge in [-0.2, -0.15) is 0 Å². The van der Waals surface area contributed by atoms with E-state index in [0.717, 1.165) is 24.0 Å². The molecule has 8 nitrogen and oxygen atoms in total. The van der Waals surface area contributed by atoms with Crippen LogP contribution >= 0.6 is 0 Å². The maximum atomic E-state index is 12.3. The highest BCUT2D eigenvalue weighted by atomic mass is 16.5. The Morgan fingerprint density at radius 2 is 1.81 bits per heavy atom. The molecule has 3 N–H and O–H groups in total. The summed E-state index contributed by atoms with van der Waals surface area (Å²) in [6.07, 6.45) is 7.67. The molecule has 0 aliphatic heterocycles. The summed E-state index contributed by atoms with van der Waals surface area (Å²) in [5, 5.41) is 14.3. The Kier molecular flexibility index (Phi) is 10.2.